The van der Waals surface area contributed by atoms with Crippen molar-refractivity contribution in [2.75, 3.05) is 14.7 Å². The highest BCUT2D eigenvalue weighted by Gasteiger charge is 2.46. The second-order valence-electron chi connectivity index (χ2n) is 31.6. The second-order valence-corrected chi connectivity index (χ2v) is 31.6. The fourth-order valence-electron chi connectivity index (χ4n) is 17.7. The van der Waals surface area contributed by atoms with E-state index in [0.29, 0.717) is 0 Å². The number of aromatic nitrogens is 2. The van der Waals surface area contributed by atoms with E-state index in [9.17, 15) is 0 Å². The van der Waals surface area contributed by atoms with Crippen LogP contribution in [0.1, 0.15) is 52.7 Å². The summed E-state index contributed by atoms with van der Waals surface area (Å²) in [6.45, 7) is 13.9. The van der Waals surface area contributed by atoms with Gasteiger partial charge < -0.3 is 23.8 Å². The molecule has 0 bridgehead atoms. The molecule has 524 valence electrons. The maximum atomic E-state index is 2.73. The number of benzene rings is 16. The fraction of sp³-hybridized carbons (Fsp3) is 0.0769. The van der Waals surface area contributed by atoms with Crippen LogP contribution in [0, 0.1) is 0 Å². The lowest BCUT2D eigenvalue weighted by Gasteiger charge is -2.46. The van der Waals surface area contributed by atoms with Crippen LogP contribution in [0.2, 0.25) is 0 Å². The molecule has 6 heteroatoms. The Labute approximate surface area is 644 Å². The van der Waals surface area contributed by atoms with Crippen molar-refractivity contribution in [1.29, 1.82) is 0 Å². The van der Waals surface area contributed by atoms with Crippen LogP contribution in [0.5, 0.6) is 0 Å². The molecule has 16 aromatic carbocycles. The van der Waals surface area contributed by atoms with E-state index in [1.165, 1.54) is 49.1 Å². The molecule has 0 amide bonds. The predicted octanol–water partition coefficient (Wildman–Crippen LogP) is 26.4. The standard InChI is InChI=1S/C104H80BN5/c1-103(2,3)75-61-85(70-36-16-8-17-37-70)101(86(62-75)71-38-18-9-19-39-71)109-96-60-74(69-34-14-7-15-35-69)54-57-90(96)105-91-58-55-80(107-94-53-33-30-50-84(94)89-65-79(56-59-95(89)107)106(77-44-24-12-25-45-77)78-46-26-13-27-47-78)66-97(91)110(99-68-81(67-98(109)100(99)105)108-92-51-31-28-48-82(92)83-49-29-32-52-93(83)108)102-87(72-40-20-10-21-41-72)63-76(104(4,5)6)64-88(102)73-42-22-11-23-43-73/h7-68H,1-6H3. The van der Waals surface area contributed by atoms with Gasteiger partial charge in [0.05, 0.1) is 39.1 Å². The van der Waals surface area contributed by atoms with E-state index >= 15 is 0 Å². The molecule has 2 aliphatic rings. The largest absolute Gasteiger partial charge is 0.310 e. The molecule has 20 rings (SSSR count). The molecule has 0 saturated heterocycles. The zero-order chi connectivity index (χ0) is 73.9. The van der Waals surface area contributed by atoms with Gasteiger partial charge in [0.15, 0.2) is 0 Å². The summed E-state index contributed by atoms with van der Waals surface area (Å²) >= 11 is 0. The SMILES string of the molecule is CC(C)(C)c1cc(-c2ccccc2)c(N2c3cc(-c4ccccc4)ccc3B3c4ccc(-n5c6ccccc6c6cc(N(c7ccccc7)c7ccccc7)ccc65)cc4N(c4c(-c5ccccc5)cc(C(C)(C)C)cc4-c4ccccc4)c4cc(-n5c6ccccc6c6ccccc65)cc2c43)c(-c2ccccc2)c1. The van der Waals surface area contributed by atoms with Gasteiger partial charge in [-0.05, 0) is 187 Å². The van der Waals surface area contributed by atoms with E-state index in [-0.39, 0.29) is 17.5 Å². The predicted molar refractivity (Wildman–Crippen MR) is 468 cm³/mol. The van der Waals surface area contributed by atoms with E-state index < -0.39 is 0 Å². The van der Waals surface area contributed by atoms with Gasteiger partial charge in [-0.15, -0.1) is 0 Å². The first kappa shape index (κ1) is 66.1. The molecule has 2 aliphatic heterocycles. The lowest BCUT2D eigenvalue weighted by Crippen LogP contribution is -2.61. The number of para-hydroxylation sites is 5. The van der Waals surface area contributed by atoms with E-state index in [2.05, 4.69) is 441 Å². The number of anilines is 9. The smallest absolute Gasteiger partial charge is 0.252 e. The molecule has 0 fully saturated rings. The monoisotopic (exact) mass is 1410 g/mol. The van der Waals surface area contributed by atoms with E-state index in [0.717, 1.165) is 140 Å². The second kappa shape index (κ2) is 26.2. The topological polar surface area (TPSA) is 19.6 Å². The highest BCUT2D eigenvalue weighted by Crippen LogP contribution is 2.56. The number of nitrogens with zero attached hydrogens (tertiary/aromatic N) is 5. The molecule has 0 aliphatic carbocycles. The van der Waals surface area contributed by atoms with Crippen LogP contribution in [0.4, 0.5) is 51.2 Å². The minimum atomic E-state index is -0.283. The van der Waals surface area contributed by atoms with Crippen LogP contribution in [0.25, 0.3) is 111 Å². The zero-order valence-corrected chi connectivity index (χ0v) is 62.6. The molecule has 4 heterocycles. The number of rotatable bonds is 12. The summed E-state index contributed by atoms with van der Waals surface area (Å²) in [6, 6.07) is 141. The molecular weight excluding hydrogens is 1330 g/mol. The van der Waals surface area contributed by atoms with Crippen molar-refractivity contribution in [2.24, 2.45) is 0 Å². The molecule has 5 nitrogen and oxygen atoms in total. The summed E-state index contributed by atoms with van der Waals surface area (Å²) in [4.78, 5) is 7.82. The van der Waals surface area contributed by atoms with Crippen LogP contribution >= 0.6 is 0 Å². The van der Waals surface area contributed by atoms with Gasteiger partial charge in [-0.1, -0.05) is 302 Å². The fourth-order valence-corrected chi connectivity index (χ4v) is 17.7. The minimum absolute atomic E-state index is 0.209. The Kier molecular flexibility index (Phi) is 15.7. The van der Waals surface area contributed by atoms with Crippen molar-refractivity contribution in [1.82, 2.24) is 9.13 Å². The first-order valence-corrected chi connectivity index (χ1v) is 38.5. The van der Waals surface area contributed by atoms with Crippen LogP contribution in [0.15, 0.2) is 376 Å². The Morgan fingerprint density at radius 1 is 0.245 bits per heavy atom. The zero-order valence-electron chi connectivity index (χ0n) is 62.6. The molecule has 0 radical (unpaired) electrons. The summed E-state index contributed by atoms with van der Waals surface area (Å²) in [5.74, 6) is 0. The Morgan fingerprint density at radius 3 is 1.00 bits per heavy atom. The number of hydrogen-bond donors (Lipinski definition) is 0. The molecular formula is C104H80BN5. The highest BCUT2D eigenvalue weighted by molar-refractivity contribution is 7.00. The minimum Gasteiger partial charge on any atom is -0.310 e. The molecule has 0 spiro atoms. The number of fused-ring (bicyclic) bond motifs is 10. The van der Waals surface area contributed by atoms with Gasteiger partial charge in [0.2, 0.25) is 0 Å². The Balaban J connectivity index is 0.965. The first-order valence-electron chi connectivity index (χ1n) is 38.5. The lowest BCUT2D eigenvalue weighted by atomic mass is 9.33. The van der Waals surface area contributed by atoms with Crippen LogP contribution in [0.3, 0.4) is 0 Å². The van der Waals surface area contributed by atoms with E-state index in [1.807, 2.05) is 0 Å². The lowest BCUT2D eigenvalue weighted by molar-refractivity contribution is 0.590. The van der Waals surface area contributed by atoms with Gasteiger partial charge in [0.1, 0.15) is 0 Å². The van der Waals surface area contributed by atoms with E-state index in [1.54, 1.807) is 0 Å². The van der Waals surface area contributed by atoms with Crippen molar-refractivity contribution in [3.8, 4) is 67.0 Å². The maximum absolute atomic E-state index is 2.73. The van der Waals surface area contributed by atoms with Gasteiger partial charge >= 0.3 is 0 Å². The summed E-state index contributed by atoms with van der Waals surface area (Å²) in [6.07, 6.45) is 0. The van der Waals surface area contributed by atoms with Crippen molar-refractivity contribution >= 4 is 118 Å². The normalized spacial score (nSPS) is 12.6. The highest BCUT2D eigenvalue weighted by atomic mass is 15.2. The molecule has 2 aromatic heterocycles. The van der Waals surface area contributed by atoms with Crippen LogP contribution < -0.4 is 31.1 Å². The van der Waals surface area contributed by atoms with Crippen molar-refractivity contribution in [3.05, 3.63) is 387 Å². The molecule has 0 unspecified atom stereocenters. The molecule has 18 aromatic rings. The molecule has 110 heavy (non-hydrogen) atoms. The summed E-state index contributed by atoms with van der Waals surface area (Å²) in [5, 5.41) is 4.75. The van der Waals surface area contributed by atoms with Gasteiger partial charge in [0, 0.05) is 89.3 Å². The third-order valence-electron chi connectivity index (χ3n) is 22.9. The van der Waals surface area contributed by atoms with Crippen LogP contribution in [-0.4, -0.2) is 15.8 Å². The Morgan fingerprint density at radius 2 is 0.582 bits per heavy atom. The first-order chi connectivity index (χ1) is 53.9. The third kappa shape index (κ3) is 11.0. The van der Waals surface area contributed by atoms with Crippen molar-refractivity contribution in [2.45, 2.75) is 52.4 Å². The molecule has 0 atom stereocenters. The van der Waals surface area contributed by atoms with Gasteiger partial charge in [-0.2, -0.15) is 0 Å². The maximum Gasteiger partial charge on any atom is 0.252 e. The van der Waals surface area contributed by atoms with Gasteiger partial charge in [0.25, 0.3) is 6.71 Å². The van der Waals surface area contributed by atoms with Crippen LogP contribution in [-0.2, 0) is 10.8 Å². The van der Waals surface area contributed by atoms with Gasteiger partial charge in [-0.3, -0.25) is 0 Å². The van der Waals surface area contributed by atoms with Gasteiger partial charge in [-0.25, -0.2) is 0 Å². The van der Waals surface area contributed by atoms with E-state index in [4.69, 9.17) is 0 Å². The summed E-state index contributed by atoms with van der Waals surface area (Å²) in [5.41, 5.74) is 33.7. The molecule has 0 N–H and O–H groups in total. The average molecular weight is 1410 g/mol. The van der Waals surface area contributed by atoms with Crippen molar-refractivity contribution in [3.63, 3.8) is 0 Å². The Bertz CT molecular complexity index is 6380. The summed E-state index contributed by atoms with van der Waals surface area (Å²) in [7, 11) is 0. The Hall–Kier alpha value is -13.4. The van der Waals surface area contributed by atoms with Crippen molar-refractivity contribution < 1.29 is 0 Å². The average Bonchev–Trinajstić information content (AvgIpc) is 0.745. The quantitative estimate of drug-likeness (QED) is 0.114. The summed E-state index contributed by atoms with van der Waals surface area (Å²) < 4.78 is 5.08. The number of hydrogen-bond acceptors (Lipinski definition) is 3. The molecule has 0 saturated carbocycles. The third-order valence-corrected chi connectivity index (χ3v) is 22.9.